The molecule has 1 fully saturated rings. The van der Waals surface area contributed by atoms with E-state index in [1.807, 2.05) is 39.1 Å². The Morgan fingerprint density at radius 3 is 2.82 bits per heavy atom. The quantitative estimate of drug-likeness (QED) is 0.687. The molecule has 3 rings (SSSR count). The van der Waals surface area contributed by atoms with Gasteiger partial charge in [0.2, 0.25) is 0 Å². The van der Waals surface area contributed by atoms with Crippen molar-refractivity contribution in [3.63, 3.8) is 0 Å². The molecule has 1 saturated heterocycles. The van der Waals surface area contributed by atoms with Crippen LogP contribution in [0.15, 0.2) is 30.6 Å². The fourth-order valence-corrected chi connectivity index (χ4v) is 3.55. The summed E-state index contributed by atoms with van der Waals surface area (Å²) < 4.78 is 11.3. The summed E-state index contributed by atoms with van der Waals surface area (Å²) in [5.41, 5.74) is 1.18. The lowest BCUT2D eigenvalue weighted by atomic mass is 10.1. The highest BCUT2D eigenvalue weighted by Crippen LogP contribution is 2.29. The molecule has 2 heterocycles. The first-order valence-electron chi connectivity index (χ1n) is 9.91. The molecule has 1 aliphatic rings. The molecule has 2 aromatic rings. The average molecular weight is 386 g/mol. The van der Waals surface area contributed by atoms with Crippen LogP contribution >= 0.6 is 0 Å². The van der Waals surface area contributed by atoms with Crippen molar-refractivity contribution in [3.8, 4) is 11.5 Å². The van der Waals surface area contributed by atoms with Gasteiger partial charge in [0.25, 0.3) is 0 Å². The highest BCUT2D eigenvalue weighted by atomic mass is 16.5. The van der Waals surface area contributed by atoms with Gasteiger partial charge in [0.05, 0.1) is 13.2 Å². The van der Waals surface area contributed by atoms with Crippen LogP contribution in [-0.2, 0) is 6.54 Å². The van der Waals surface area contributed by atoms with E-state index in [0.29, 0.717) is 6.04 Å². The maximum atomic E-state index is 5.79. The number of anilines is 2. The minimum atomic E-state index is 0.122. The maximum absolute atomic E-state index is 5.79. The number of hydrogen-bond acceptors (Lipinski definition) is 7. The first-order chi connectivity index (χ1) is 13.6. The van der Waals surface area contributed by atoms with Gasteiger partial charge in [-0.25, -0.2) is 9.97 Å². The van der Waals surface area contributed by atoms with Gasteiger partial charge in [0.1, 0.15) is 18.0 Å². The van der Waals surface area contributed by atoms with Crippen molar-refractivity contribution in [2.45, 2.75) is 45.4 Å². The van der Waals surface area contributed by atoms with Crippen molar-refractivity contribution >= 4 is 11.6 Å². The van der Waals surface area contributed by atoms with Crippen LogP contribution in [0.2, 0.25) is 0 Å². The Labute approximate surface area is 167 Å². The normalized spacial score (nSPS) is 16.5. The number of hydrogen-bond donors (Lipinski definition) is 2. The SMILES string of the molecule is CNc1cc(N2CCCC2CNCc2ccc(OC(C)C)c(OC)c2)ncn1. The van der Waals surface area contributed by atoms with Crippen LogP contribution in [0.5, 0.6) is 11.5 Å². The molecular formula is C21H31N5O2. The largest absolute Gasteiger partial charge is 0.493 e. The van der Waals surface area contributed by atoms with E-state index >= 15 is 0 Å². The fraction of sp³-hybridized carbons (Fsp3) is 0.524. The summed E-state index contributed by atoms with van der Waals surface area (Å²) in [7, 11) is 3.55. The molecule has 0 aliphatic carbocycles. The molecule has 1 unspecified atom stereocenters. The third-order valence-corrected chi connectivity index (χ3v) is 4.88. The van der Waals surface area contributed by atoms with E-state index in [-0.39, 0.29) is 6.10 Å². The average Bonchev–Trinajstić information content (AvgIpc) is 3.17. The lowest BCUT2D eigenvalue weighted by Gasteiger charge is -2.26. The van der Waals surface area contributed by atoms with Gasteiger partial charge in [-0.05, 0) is 44.4 Å². The van der Waals surface area contributed by atoms with Crippen molar-refractivity contribution in [1.29, 1.82) is 0 Å². The Bertz CT molecular complexity index is 768. The zero-order valence-corrected chi connectivity index (χ0v) is 17.2. The smallest absolute Gasteiger partial charge is 0.161 e. The number of aromatic nitrogens is 2. The van der Waals surface area contributed by atoms with Gasteiger partial charge in [-0.15, -0.1) is 0 Å². The zero-order valence-electron chi connectivity index (χ0n) is 17.2. The lowest BCUT2D eigenvalue weighted by Crippen LogP contribution is -2.38. The second kappa shape index (κ2) is 9.59. The topological polar surface area (TPSA) is 71.5 Å². The van der Waals surface area contributed by atoms with Crippen LogP contribution in [0, 0.1) is 0 Å². The van der Waals surface area contributed by atoms with Gasteiger partial charge in [-0.1, -0.05) is 6.07 Å². The van der Waals surface area contributed by atoms with Gasteiger partial charge in [0.15, 0.2) is 11.5 Å². The van der Waals surface area contributed by atoms with Crippen LogP contribution < -0.4 is 25.0 Å². The number of rotatable bonds is 9. The molecule has 7 heteroatoms. The van der Waals surface area contributed by atoms with E-state index in [4.69, 9.17) is 9.47 Å². The highest BCUT2D eigenvalue weighted by molar-refractivity contribution is 5.49. The summed E-state index contributed by atoms with van der Waals surface area (Å²) in [5.74, 6) is 3.39. The van der Waals surface area contributed by atoms with E-state index in [0.717, 1.165) is 49.2 Å². The monoisotopic (exact) mass is 385 g/mol. The van der Waals surface area contributed by atoms with Crippen LogP contribution in [0.25, 0.3) is 0 Å². The summed E-state index contributed by atoms with van der Waals surface area (Å²) in [4.78, 5) is 11.0. The minimum Gasteiger partial charge on any atom is -0.493 e. The van der Waals surface area contributed by atoms with E-state index in [1.54, 1.807) is 13.4 Å². The summed E-state index contributed by atoms with van der Waals surface area (Å²) in [5, 5.41) is 6.67. The molecule has 0 amide bonds. The van der Waals surface area contributed by atoms with Crippen molar-refractivity contribution in [1.82, 2.24) is 15.3 Å². The Kier molecular flexibility index (Phi) is 6.92. The van der Waals surface area contributed by atoms with Gasteiger partial charge >= 0.3 is 0 Å². The number of nitrogens with one attached hydrogen (secondary N) is 2. The molecule has 1 aliphatic heterocycles. The van der Waals surface area contributed by atoms with Gasteiger partial charge in [0, 0.05) is 38.8 Å². The molecule has 1 aromatic heterocycles. The fourth-order valence-electron chi connectivity index (χ4n) is 3.55. The second-order valence-electron chi connectivity index (χ2n) is 7.28. The van der Waals surface area contributed by atoms with Gasteiger partial charge < -0.3 is 25.0 Å². The van der Waals surface area contributed by atoms with Gasteiger partial charge in [-0.2, -0.15) is 0 Å². The third-order valence-electron chi connectivity index (χ3n) is 4.88. The number of methoxy groups -OCH3 is 1. The van der Waals surface area contributed by atoms with E-state index in [2.05, 4.69) is 31.6 Å². The standard InChI is InChI=1S/C21H31N5O2/c1-15(2)28-18-8-7-16(10-19(18)27-4)12-23-13-17-6-5-9-26(17)21-11-20(22-3)24-14-25-21/h7-8,10-11,14-15,17,23H,5-6,9,12-13H2,1-4H3,(H,22,24,25). The maximum Gasteiger partial charge on any atom is 0.161 e. The molecule has 1 aromatic carbocycles. The van der Waals surface area contributed by atoms with Crippen molar-refractivity contribution in [2.75, 3.05) is 37.5 Å². The molecule has 0 radical (unpaired) electrons. The number of ether oxygens (including phenoxy) is 2. The molecule has 0 spiro atoms. The van der Waals surface area contributed by atoms with Crippen LogP contribution in [-0.4, -0.2) is 49.4 Å². The summed E-state index contributed by atoms with van der Waals surface area (Å²) in [6, 6.07) is 8.56. The van der Waals surface area contributed by atoms with Crippen molar-refractivity contribution in [2.24, 2.45) is 0 Å². The molecule has 7 nitrogen and oxygen atoms in total. The molecule has 2 N–H and O–H groups in total. The van der Waals surface area contributed by atoms with Crippen molar-refractivity contribution in [3.05, 3.63) is 36.2 Å². The minimum absolute atomic E-state index is 0.122. The second-order valence-corrected chi connectivity index (χ2v) is 7.28. The molecule has 28 heavy (non-hydrogen) atoms. The van der Waals surface area contributed by atoms with Gasteiger partial charge in [-0.3, -0.25) is 0 Å². The Morgan fingerprint density at radius 2 is 2.07 bits per heavy atom. The highest BCUT2D eigenvalue weighted by Gasteiger charge is 2.25. The predicted molar refractivity (Wildman–Crippen MR) is 112 cm³/mol. The number of benzene rings is 1. The predicted octanol–water partition coefficient (Wildman–Crippen LogP) is 3.07. The molecule has 0 bridgehead atoms. The molecular weight excluding hydrogens is 354 g/mol. The molecule has 0 saturated carbocycles. The Hall–Kier alpha value is -2.54. The first-order valence-corrected chi connectivity index (χ1v) is 9.91. The van der Waals surface area contributed by atoms with Crippen LogP contribution in [0.4, 0.5) is 11.6 Å². The van der Waals surface area contributed by atoms with Crippen molar-refractivity contribution < 1.29 is 9.47 Å². The lowest BCUT2D eigenvalue weighted by molar-refractivity contribution is 0.230. The zero-order chi connectivity index (χ0) is 19.9. The summed E-state index contributed by atoms with van der Waals surface area (Å²) >= 11 is 0. The van der Waals surface area contributed by atoms with E-state index in [9.17, 15) is 0 Å². The third kappa shape index (κ3) is 5.04. The summed E-state index contributed by atoms with van der Waals surface area (Å²) in [6.45, 7) is 6.75. The van der Waals surface area contributed by atoms with Crippen LogP contribution in [0.3, 0.4) is 0 Å². The summed E-state index contributed by atoms with van der Waals surface area (Å²) in [6.07, 6.45) is 4.09. The molecule has 152 valence electrons. The first kappa shape index (κ1) is 20.2. The Morgan fingerprint density at radius 1 is 1.21 bits per heavy atom. The molecule has 1 atom stereocenters. The van der Waals surface area contributed by atoms with E-state index < -0.39 is 0 Å². The van der Waals surface area contributed by atoms with Crippen LogP contribution in [0.1, 0.15) is 32.3 Å². The Balaban J connectivity index is 1.58. The van der Waals surface area contributed by atoms with E-state index in [1.165, 1.54) is 12.0 Å². The number of nitrogens with zero attached hydrogens (tertiary/aromatic N) is 3.